The third kappa shape index (κ3) is 6.95. The summed E-state index contributed by atoms with van der Waals surface area (Å²) in [5.74, 6) is -2.47. The molecule has 0 fully saturated rings. The number of hydrogen-bond donors (Lipinski definition) is 2. The molecule has 0 heterocycles. The molecule has 118 valence electrons. The van der Waals surface area contributed by atoms with Crippen molar-refractivity contribution in [2.75, 3.05) is 5.75 Å². The molecule has 0 unspecified atom stereocenters. The van der Waals surface area contributed by atoms with E-state index < -0.39 is 46.8 Å². The number of para-hydroxylation sites is 1. The number of nitrogens with one attached hydrogen (secondary N) is 1. The lowest BCUT2D eigenvalue weighted by Crippen LogP contribution is -2.27. The molecule has 10 heteroatoms. The van der Waals surface area contributed by atoms with Crippen LogP contribution in [0.3, 0.4) is 0 Å². The molecule has 1 aromatic carbocycles. The van der Waals surface area contributed by atoms with Crippen LogP contribution in [0.15, 0.2) is 24.3 Å². The number of halogens is 3. The largest absolute Gasteiger partial charge is 0.573 e. The summed E-state index contributed by atoms with van der Waals surface area (Å²) in [5.41, 5.74) is -0.0197. The summed E-state index contributed by atoms with van der Waals surface area (Å²) in [6, 6.07) is 5.04. The predicted octanol–water partition coefficient (Wildman–Crippen LogP) is 1.48. The Hall–Kier alpha value is -1.81. The SMILES string of the molecule is O=C(O)CCS(=O)(=O)NCc1ccccc1OC(F)(F)F. The third-order valence-electron chi connectivity index (χ3n) is 2.27. The van der Waals surface area contributed by atoms with Crippen molar-refractivity contribution < 1.29 is 36.2 Å². The van der Waals surface area contributed by atoms with E-state index in [9.17, 15) is 26.4 Å². The molecular formula is C11H12F3NO5S. The highest BCUT2D eigenvalue weighted by molar-refractivity contribution is 7.89. The van der Waals surface area contributed by atoms with E-state index in [4.69, 9.17) is 5.11 Å². The molecule has 0 amide bonds. The molecule has 0 aromatic heterocycles. The van der Waals surface area contributed by atoms with Gasteiger partial charge in [-0.05, 0) is 6.07 Å². The van der Waals surface area contributed by atoms with Crippen LogP contribution in [0.1, 0.15) is 12.0 Å². The quantitative estimate of drug-likeness (QED) is 0.791. The van der Waals surface area contributed by atoms with Crippen LogP contribution in [-0.2, 0) is 21.4 Å². The number of rotatable bonds is 7. The average Bonchev–Trinajstić information content (AvgIpc) is 2.34. The summed E-state index contributed by atoms with van der Waals surface area (Å²) in [4.78, 5) is 10.3. The second-order valence-corrected chi connectivity index (χ2v) is 5.87. The summed E-state index contributed by atoms with van der Waals surface area (Å²) in [6.07, 6.45) is -5.49. The van der Waals surface area contributed by atoms with Crippen molar-refractivity contribution in [3.05, 3.63) is 29.8 Å². The van der Waals surface area contributed by atoms with E-state index >= 15 is 0 Å². The van der Waals surface area contributed by atoms with Crippen molar-refractivity contribution in [3.63, 3.8) is 0 Å². The fraction of sp³-hybridized carbons (Fsp3) is 0.364. The molecule has 0 saturated heterocycles. The Morgan fingerprint density at radius 3 is 2.48 bits per heavy atom. The summed E-state index contributed by atoms with van der Waals surface area (Å²) >= 11 is 0. The number of hydrogen-bond acceptors (Lipinski definition) is 4. The Labute approximate surface area is 118 Å². The second-order valence-electron chi connectivity index (χ2n) is 3.94. The Morgan fingerprint density at radius 1 is 1.29 bits per heavy atom. The molecule has 6 nitrogen and oxygen atoms in total. The zero-order valence-corrected chi connectivity index (χ0v) is 11.4. The van der Waals surface area contributed by atoms with Crippen LogP contribution in [0.25, 0.3) is 0 Å². The highest BCUT2D eigenvalue weighted by atomic mass is 32.2. The maximum atomic E-state index is 12.2. The second kappa shape index (κ2) is 6.76. The van der Waals surface area contributed by atoms with Crippen LogP contribution < -0.4 is 9.46 Å². The van der Waals surface area contributed by atoms with Gasteiger partial charge in [0.25, 0.3) is 0 Å². The molecule has 0 spiro atoms. The fourth-order valence-corrected chi connectivity index (χ4v) is 2.32. The Balaban J connectivity index is 2.73. The molecule has 2 N–H and O–H groups in total. The van der Waals surface area contributed by atoms with Crippen molar-refractivity contribution in [3.8, 4) is 5.75 Å². The van der Waals surface area contributed by atoms with Gasteiger partial charge in [0, 0.05) is 12.1 Å². The number of benzene rings is 1. The van der Waals surface area contributed by atoms with E-state index in [1.165, 1.54) is 18.2 Å². The zero-order valence-electron chi connectivity index (χ0n) is 10.6. The molecule has 1 rings (SSSR count). The van der Waals surface area contributed by atoms with Crippen molar-refractivity contribution in [2.24, 2.45) is 0 Å². The Bertz CT molecular complexity index is 600. The van der Waals surface area contributed by atoms with Crippen LogP contribution >= 0.6 is 0 Å². The first-order chi connectivity index (χ1) is 9.59. The number of alkyl halides is 3. The van der Waals surface area contributed by atoms with Gasteiger partial charge in [-0.15, -0.1) is 13.2 Å². The first kappa shape index (κ1) is 17.2. The average molecular weight is 327 g/mol. The van der Waals surface area contributed by atoms with Gasteiger partial charge in [0.05, 0.1) is 12.2 Å². The van der Waals surface area contributed by atoms with E-state index in [0.29, 0.717) is 0 Å². The van der Waals surface area contributed by atoms with E-state index in [1.54, 1.807) is 0 Å². The number of carbonyl (C=O) groups is 1. The normalized spacial score (nSPS) is 12.1. The van der Waals surface area contributed by atoms with Gasteiger partial charge < -0.3 is 9.84 Å². The molecule has 0 atom stereocenters. The molecule has 0 aliphatic heterocycles. The van der Waals surface area contributed by atoms with Gasteiger partial charge in [-0.25, -0.2) is 13.1 Å². The highest BCUT2D eigenvalue weighted by Gasteiger charge is 2.32. The molecule has 0 bridgehead atoms. The van der Waals surface area contributed by atoms with Gasteiger partial charge in [-0.3, -0.25) is 4.79 Å². The van der Waals surface area contributed by atoms with Gasteiger partial charge >= 0.3 is 12.3 Å². The molecular weight excluding hydrogens is 315 g/mol. The van der Waals surface area contributed by atoms with E-state index in [1.807, 2.05) is 4.72 Å². The smallest absolute Gasteiger partial charge is 0.481 e. The van der Waals surface area contributed by atoms with Crippen LogP contribution in [0, 0.1) is 0 Å². The van der Waals surface area contributed by atoms with Crippen LogP contribution in [0.5, 0.6) is 5.75 Å². The molecule has 0 aliphatic carbocycles. The first-order valence-electron chi connectivity index (χ1n) is 5.62. The van der Waals surface area contributed by atoms with Gasteiger partial charge in [0.15, 0.2) is 0 Å². The molecule has 0 radical (unpaired) electrons. The first-order valence-corrected chi connectivity index (χ1v) is 7.27. The number of carboxylic acids is 1. The summed E-state index contributed by atoms with van der Waals surface area (Å²) < 4.78 is 65.3. The van der Waals surface area contributed by atoms with Crippen LogP contribution in [0.2, 0.25) is 0 Å². The van der Waals surface area contributed by atoms with Crippen molar-refractivity contribution in [1.29, 1.82) is 0 Å². The van der Waals surface area contributed by atoms with E-state index in [2.05, 4.69) is 4.74 Å². The molecule has 0 aliphatic rings. The van der Waals surface area contributed by atoms with Crippen LogP contribution in [-0.4, -0.2) is 31.6 Å². The lowest BCUT2D eigenvalue weighted by Gasteiger charge is -2.13. The van der Waals surface area contributed by atoms with Gasteiger partial charge in [0.1, 0.15) is 5.75 Å². The van der Waals surface area contributed by atoms with Crippen molar-refractivity contribution in [2.45, 2.75) is 19.3 Å². The van der Waals surface area contributed by atoms with E-state index in [0.717, 1.165) is 6.07 Å². The minimum atomic E-state index is -4.89. The van der Waals surface area contributed by atoms with Crippen molar-refractivity contribution in [1.82, 2.24) is 4.72 Å². The minimum Gasteiger partial charge on any atom is -0.481 e. The Morgan fingerprint density at radius 2 is 1.90 bits per heavy atom. The highest BCUT2D eigenvalue weighted by Crippen LogP contribution is 2.26. The maximum Gasteiger partial charge on any atom is 0.573 e. The molecule has 21 heavy (non-hydrogen) atoms. The standard InChI is InChI=1S/C11H12F3NO5S/c12-11(13,14)20-9-4-2-1-3-8(9)7-15-21(18,19)6-5-10(16)17/h1-4,15H,5-7H2,(H,16,17). The fourth-order valence-electron chi connectivity index (χ4n) is 1.36. The third-order valence-corrected chi connectivity index (χ3v) is 3.59. The van der Waals surface area contributed by atoms with Gasteiger partial charge in [-0.2, -0.15) is 0 Å². The lowest BCUT2D eigenvalue weighted by atomic mass is 10.2. The van der Waals surface area contributed by atoms with Gasteiger partial charge in [0.2, 0.25) is 10.0 Å². The Kier molecular flexibility index (Phi) is 5.55. The number of carboxylic acid groups (broad SMARTS) is 1. The minimum absolute atomic E-state index is 0.0197. The van der Waals surface area contributed by atoms with Crippen LogP contribution in [0.4, 0.5) is 13.2 Å². The summed E-state index contributed by atoms with van der Waals surface area (Å²) in [6.45, 7) is -0.436. The topological polar surface area (TPSA) is 92.7 Å². The van der Waals surface area contributed by atoms with Gasteiger partial charge in [-0.1, -0.05) is 18.2 Å². The maximum absolute atomic E-state index is 12.2. The predicted molar refractivity (Wildman–Crippen MR) is 66.0 cm³/mol. The van der Waals surface area contributed by atoms with Crippen molar-refractivity contribution >= 4 is 16.0 Å². The summed E-state index contributed by atoms with van der Waals surface area (Å²) in [5, 5.41) is 8.40. The monoisotopic (exact) mass is 327 g/mol. The van der Waals surface area contributed by atoms with E-state index in [-0.39, 0.29) is 5.56 Å². The molecule has 0 saturated carbocycles. The number of sulfonamides is 1. The molecule has 1 aromatic rings. The zero-order chi connectivity index (χ0) is 16.1. The number of aliphatic carboxylic acids is 1. The summed E-state index contributed by atoms with van der Waals surface area (Å²) in [7, 11) is -3.90. The lowest BCUT2D eigenvalue weighted by molar-refractivity contribution is -0.274. The number of ether oxygens (including phenoxy) is 1.